The van der Waals surface area contributed by atoms with E-state index >= 15 is 0 Å². The maximum atomic E-state index is 6.17. The lowest BCUT2D eigenvalue weighted by Crippen LogP contribution is -2.04. The van der Waals surface area contributed by atoms with Crippen LogP contribution >= 0.6 is 23.4 Å². The van der Waals surface area contributed by atoms with E-state index in [1.54, 1.807) is 11.8 Å². The second-order valence-corrected chi connectivity index (χ2v) is 7.31. The van der Waals surface area contributed by atoms with Crippen LogP contribution in [0.4, 0.5) is 0 Å². The Morgan fingerprint density at radius 3 is 2.68 bits per heavy atom. The highest BCUT2D eigenvalue weighted by Gasteiger charge is 2.11. The first-order chi connectivity index (χ1) is 12.0. The Hall–Kier alpha value is -1.98. The molecule has 0 unspecified atom stereocenters. The van der Waals surface area contributed by atoms with Gasteiger partial charge in [-0.2, -0.15) is 0 Å². The van der Waals surface area contributed by atoms with Crippen LogP contribution in [0.1, 0.15) is 22.5 Å². The third-order valence-corrected chi connectivity index (χ3v) is 5.22. The van der Waals surface area contributed by atoms with Crippen molar-refractivity contribution in [3.05, 3.63) is 70.0 Å². The van der Waals surface area contributed by atoms with E-state index in [-0.39, 0.29) is 0 Å². The van der Waals surface area contributed by atoms with Gasteiger partial charge in [0, 0.05) is 12.8 Å². The molecule has 0 bridgehead atoms. The van der Waals surface area contributed by atoms with E-state index in [1.807, 2.05) is 36.7 Å². The molecule has 0 aliphatic heterocycles. The summed E-state index contributed by atoms with van der Waals surface area (Å²) in [4.78, 5) is 0. The number of nitrogens with zero attached hydrogens (tertiary/aromatic N) is 3. The van der Waals surface area contributed by atoms with Crippen LogP contribution in [0.3, 0.4) is 0 Å². The summed E-state index contributed by atoms with van der Waals surface area (Å²) in [6, 6.07) is 14.2. The van der Waals surface area contributed by atoms with Crippen molar-refractivity contribution >= 4 is 23.4 Å². The van der Waals surface area contributed by atoms with E-state index in [2.05, 4.69) is 41.4 Å². The van der Waals surface area contributed by atoms with Gasteiger partial charge >= 0.3 is 0 Å². The van der Waals surface area contributed by atoms with E-state index in [0.29, 0.717) is 17.4 Å². The van der Waals surface area contributed by atoms with Gasteiger partial charge in [-0.3, -0.25) is 0 Å². The highest BCUT2D eigenvalue weighted by Crippen LogP contribution is 2.26. The van der Waals surface area contributed by atoms with Gasteiger partial charge in [-0.15, -0.1) is 10.2 Å². The van der Waals surface area contributed by atoms with Crippen LogP contribution in [-0.2, 0) is 19.4 Å². The maximum Gasteiger partial charge on any atom is 0.191 e. The molecule has 0 atom stereocenters. The summed E-state index contributed by atoms with van der Waals surface area (Å²) in [7, 11) is 1.95. The van der Waals surface area contributed by atoms with Crippen molar-refractivity contribution in [2.24, 2.45) is 7.05 Å². The lowest BCUT2D eigenvalue weighted by Gasteiger charge is -2.09. The highest BCUT2D eigenvalue weighted by molar-refractivity contribution is 7.98. The van der Waals surface area contributed by atoms with Gasteiger partial charge in [0.2, 0.25) is 0 Å². The molecule has 4 nitrogen and oxygen atoms in total. The quantitative estimate of drug-likeness (QED) is 0.573. The van der Waals surface area contributed by atoms with Crippen LogP contribution in [0.2, 0.25) is 5.02 Å². The molecule has 3 aromatic rings. The monoisotopic (exact) mass is 373 g/mol. The number of aromatic nitrogens is 3. The predicted octanol–water partition coefficient (Wildman–Crippen LogP) is 4.96. The van der Waals surface area contributed by atoms with E-state index in [1.165, 1.54) is 11.1 Å². The van der Waals surface area contributed by atoms with Crippen LogP contribution < -0.4 is 4.74 Å². The zero-order valence-corrected chi connectivity index (χ0v) is 16.1. The van der Waals surface area contributed by atoms with Gasteiger partial charge in [-0.1, -0.05) is 59.3 Å². The van der Waals surface area contributed by atoms with Crippen LogP contribution in [0, 0.1) is 13.8 Å². The van der Waals surface area contributed by atoms with Crippen molar-refractivity contribution in [3.63, 3.8) is 0 Å². The fourth-order valence-corrected chi connectivity index (χ4v) is 3.45. The van der Waals surface area contributed by atoms with E-state index < -0.39 is 0 Å². The van der Waals surface area contributed by atoms with E-state index in [9.17, 15) is 0 Å². The number of thioether (sulfide) groups is 1. The Bertz CT molecular complexity index is 879. The summed E-state index contributed by atoms with van der Waals surface area (Å²) in [6.07, 6.45) is 0. The first-order valence-corrected chi connectivity index (χ1v) is 9.35. The van der Waals surface area contributed by atoms with Crippen molar-refractivity contribution in [2.45, 2.75) is 31.4 Å². The number of ether oxygens (including phenoxy) is 1. The fraction of sp³-hybridized carbons (Fsp3) is 0.263. The summed E-state index contributed by atoms with van der Waals surface area (Å²) in [5.74, 6) is 2.29. The molecule has 0 saturated carbocycles. The Kier molecular flexibility index (Phi) is 5.66. The highest BCUT2D eigenvalue weighted by atomic mass is 35.5. The van der Waals surface area contributed by atoms with Crippen molar-refractivity contribution in [3.8, 4) is 5.75 Å². The van der Waals surface area contributed by atoms with E-state index in [4.69, 9.17) is 16.3 Å². The molecule has 0 aliphatic carbocycles. The van der Waals surface area contributed by atoms with Crippen molar-refractivity contribution in [2.75, 3.05) is 0 Å². The minimum Gasteiger partial charge on any atom is -0.484 e. The number of hydrogen-bond donors (Lipinski definition) is 0. The number of aryl methyl sites for hydroxylation is 2. The molecule has 0 spiro atoms. The zero-order valence-electron chi connectivity index (χ0n) is 14.5. The average molecular weight is 374 g/mol. The first-order valence-electron chi connectivity index (χ1n) is 7.98. The van der Waals surface area contributed by atoms with Crippen molar-refractivity contribution in [1.82, 2.24) is 14.8 Å². The third-order valence-electron chi connectivity index (χ3n) is 3.82. The van der Waals surface area contributed by atoms with Crippen molar-refractivity contribution in [1.29, 1.82) is 0 Å². The van der Waals surface area contributed by atoms with Crippen molar-refractivity contribution < 1.29 is 4.74 Å². The number of rotatable bonds is 6. The molecule has 1 aromatic heterocycles. The Balaban J connectivity index is 1.63. The first kappa shape index (κ1) is 17.8. The average Bonchev–Trinajstić information content (AvgIpc) is 2.94. The third kappa shape index (κ3) is 4.55. The molecule has 130 valence electrons. The fourth-order valence-electron chi connectivity index (χ4n) is 2.41. The molecular formula is C19H20ClN3OS. The van der Waals surface area contributed by atoms with Gasteiger partial charge in [0.1, 0.15) is 12.4 Å². The Labute approximate surface area is 157 Å². The SMILES string of the molecule is Cc1cccc(CSc2nnc(COc3cc(C)ccc3Cl)n2C)c1. The molecular weight excluding hydrogens is 354 g/mol. The molecule has 0 N–H and O–H groups in total. The van der Waals surface area contributed by atoms with E-state index in [0.717, 1.165) is 22.3 Å². The van der Waals surface area contributed by atoms with Gasteiger partial charge in [0.25, 0.3) is 0 Å². The molecule has 1 heterocycles. The lowest BCUT2D eigenvalue weighted by molar-refractivity contribution is 0.290. The second-order valence-electron chi connectivity index (χ2n) is 5.96. The topological polar surface area (TPSA) is 39.9 Å². The lowest BCUT2D eigenvalue weighted by atomic mass is 10.2. The standard InChI is InChI=1S/C19H20ClN3OS/c1-13-5-4-6-15(9-13)12-25-19-22-21-18(23(19)3)11-24-17-10-14(2)7-8-16(17)20/h4-10H,11-12H2,1-3H3. The largest absolute Gasteiger partial charge is 0.484 e. The zero-order chi connectivity index (χ0) is 17.8. The summed E-state index contributed by atoms with van der Waals surface area (Å²) in [5, 5.41) is 9.97. The molecule has 0 fully saturated rings. The number of hydrogen-bond acceptors (Lipinski definition) is 4. The molecule has 6 heteroatoms. The molecule has 3 rings (SSSR count). The molecule has 0 radical (unpaired) electrons. The summed E-state index contributed by atoms with van der Waals surface area (Å²) in [5.41, 5.74) is 3.64. The summed E-state index contributed by atoms with van der Waals surface area (Å²) >= 11 is 7.83. The Morgan fingerprint density at radius 2 is 1.88 bits per heavy atom. The summed E-state index contributed by atoms with van der Waals surface area (Å²) in [6.45, 7) is 4.44. The normalized spacial score (nSPS) is 10.9. The molecule has 25 heavy (non-hydrogen) atoms. The molecule has 2 aromatic carbocycles. The molecule has 0 amide bonds. The minimum absolute atomic E-state index is 0.331. The molecule has 0 saturated heterocycles. The van der Waals surface area contributed by atoms with Crippen LogP contribution in [0.15, 0.2) is 47.6 Å². The van der Waals surface area contributed by atoms with Gasteiger partial charge in [0.15, 0.2) is 11.0 Å². The predicted molar refractivity (Wildman–Crippen MR) is 102 cm³/mol. The Morgan fingerprint density at radius 1 is 1.08 bits per heavy atom. The van der Waals surface area contributed by atoms with Gasteiger partial charge in [-0.25, -0.2) is 0 Å². The van der Waals surface area contributed by atoms with Crippen LogP contribution in [0.25, 0.3) is 0 Å². The van der Waals surface area contributed by atoms with Crippen LogP contribution in [-0.4, -0.2) is 14.8 Å². The molecule has 0 aliphatic rings. The van der Waals surface area contributed by atoms with Crippen LogP contribution in [0.5, 0.6) is 5.75 Å². The smallest absolute Gasteiger partial charge is 0.191 e. The maximum absolute atomic E-state index is 6.17. The number of halogens is 1. The second kappa shape index (κ2) is 7.93. The van der Waals surface area contributed by atoms with Gasteiger partial charge in [0.05, 0.1) is 5.02 Å². The van der Waals surface area contributed by atoms with Gasteiger partial charge in [-0.05, 0) is 37.1 Å². The summed E-state index contributed by atoms with van der Waals surface area (Å²) < 4.78 is 7.77. The van der Waals surface area contributed by atoms with Gasteiger partial charge < -0.3 is 9.30 Å². The number of benzene rings is 2. The minimum atomic E-state index is 0.331.